The average Bonchev–Trinajstić information content (AvgIpc) is 2.73. The van der Waals surface area contributed by atoms with E-state index in [-0.39, 0.29) is 11.8 Å². The molecule has 0 spiro atoms. The van der Waals surface area contributed by atoms with Crippen molar-refractivity contribution in [1.82, 2.24) is 0 Å². The fourth-order valence-electron chi connectivity index (χ4n) is 2.61. The van der Waals surface area contributed by atoms with Crippen molar-refractivity contribution >= 4 is 17.6 Å². The van der Waals surface area contributed by atoms with Crippen LogP contribution in [0.15, 0.2) is 30.3 Å². The van der Waals surface area contributed by atoms with Crippen LogP contribution in [0.2, 0.25) is 0 Å². The Labute approximate surface area is 106 Å². The Bertz CT molecular complexity index is 444. The number of hydrogen-bond donors (Lipinski definition) is 2. The molecule has 0 radical (unpaired) electrons. The Morgan fingerprint density at radius 1 is 1.17 bits per heavy atom. The van der Waals surface area contributed by atoms with Crippen molar-refractivity contribution in [2.75, 3.05) is 5.32 Å². The van der Waals surface area contributed by atoms with Gasteiger partial charge in [0.05, 0.1) is 11.8 Å². The molecule has 1 saturated carbocycles. The molecule has 1 aromatic carbocycles. The average molecular weight is 247 g/mol. The number of hydrogen-bond acceptors (Lipinski definition) is 2. The second-order valence-electron chi connectivity index (χ2n) is 4.98. The predicted molar refractivity (Wildman–Crippen MR) is 68.1 cm³/mol. The van der Waals surface area contributed by atoms with E-state index < -0.39 is 17.8 Å². The van der Waals surface area contributed by atoms with E-state index in [9.17, 15) is 9.59 Å². The molecule has 4 heteroatoms. The van der Waals surface area contributed by atoms with Crippen LogP contribution in [0.5, 0.6) is 0 Å². The minimum atomic E-state index is -0.868. The first-order valence-electron chi connectivity index (χ1n) is 6.16. The third kappa shape index (κ3) is 2.70. The number of carbonyl (C=O) groups is 2. The summed E-state index contributed by atoms with van der Waals surface area (Å²) in [6.45, 7) is 1.99. The lowest BCUT2D eigenvalue weighted by Gasteiger charge is -2.15. The Balaban J connectivity index is 2.06. The van der Waals surface area contributed by atoms with Gasteiger partial charge in [-0.15, -0.1) is 0 Å². The lowest BCUT2D eigenvalue weighted by Crippen LogP contribution is -2.29. The number of carboxylic acid groups (broad SMARTS) is 1. The highest BCUT2D eigenvalue weighted by Gasteiger charge is 2.41. The third-order valence-corrected chi connectivity index (χ3v) is 3.49. The highest BCUT2D eigenvalue weighted by atomic mass is 16.4. The molecule has 1 fully saturated rings. The number of benzene rings is 1. The fourth-order valence-corrected chi connectivity index (χ4v) is 2.61. The SMILES string of the molecule is CC1CC(C(=O)O)C(C(=O)Nc2ccccc2)C1. The summed E-state index contributed by atoms with van der Waals surface area (Å²) in [7, 11) is 0. The van der Waals surface area contributed by atoms with Gasteiger partial charge in [-0.1, -0.05) is 25.1 Å². The molecule has 0 aliphatic heterocycles. The van der Waals surface area contributed by atoms with Crippen LogP contribution in [0.1, 0.15) is 19.8 Å². The molecule has 0 aromatic heterocycles. The zero-order chi connectivity index (χ0) is 13.1. The molecule has 3 unspecified atom stereocenters. The van der Waals surface area contributed by atoms with Crippen molar-refractivity contribution in [3.05, 3.63) is 30.3 Å². The van der Waals surface area contributed by atoms with Crippen LogP contribution >= 0.6 is 0 Å². The first kappa shape index (κ1) is 12.6. The minimum absolute atomic E-state index is 0.182. The number of amides is 1. The molecule has 2 N–H and O–H groups in total. The summed E-state index contributed by atoms with van der Waals surface area (Å²) in [5, 5.41) is 11.9. The topological polar surface area (TPSA) is 66.4 Å². The van der Waals surface area contributed by atoms with Crippen LogP contribution in [-0.2, 0) is 9.59 Å². The van der Waals surface area contributed by atoms with E-state index in [1.807, 2.05) is 25.1 Å². The van der Waals surface area contributed by atoms with Gasteiger partial charge < -0.3 is 10.4 Å². The molecule has 18 heavy (non-hydrogen) atoms. The molecule has 1 aliphatic carbocycles. The normalized spacial score (nSPS) is 26.8. The Morgan fingerprint density at radius 2 is 1.78 bits per heavy atom. The van der Waals surface area contributed by atoms with Crippen molar-refractivity contribution in [3.63, 3.8) is 0 Å². The second kappa shape index (κ2) is 5.21. The number of para-hydroxylation sites is 1. The van der Waals surface area contributed by atoms with Crippen LogP contribution < -0.4 is 5.32 Å². The Kier molecular flexibility index (Phi) is 3.65. The minimum Gasteiger partial charge on any atom is -0.481 e. The monoisotopic (exact) mass is 247 g/mol. The summed E-state index contributed by atoms with van der Waals surface area (Å²) in [6.07, 6.45) is 1.23. The highest BCUT2D eigenvalue weighted by molar-refractivity contribution is 5.95. The first-order chi connectivity index (χ1) is 8.58. The van der Waals surface area contributed by atoms with Crippen LogP contribution in [0.25, 0.3) is 0 Å². The molecule has 1 aromatic rings. The molecule has 4 nitrogen and oxygen atoms in total. The van der Waals surface area contributed by atoms with Gasteiger partial charge in [-0.25, -0.2) is 0 Å². The lowest BCUT2D eigenvalue weighted by molar-refractivity contribution is -0.145. The van der Waals surface area contributed by atoms with Crippen LogP contribution in [0.4, 0.5) is 5.69 Å². The molecule has 1 amide bonds. The van der Waals surface area contributed by atoms with Gasteiger partial charge in [0.1, 0.15) is 0 Å². The molecule has 3 atom stereocenters. The first-order valence-corrected chi connectivity index (χ1v) is 6.16. The van der Waals surface area contributed by atoms with Crippen LogP contribution in [-0.4, -0.2) is 17.0 Å². The van der Waals surface area contributed by atoms with Crippen molar-refractivity contribution in [3.8, 4) is 0 Å². The zero-order valence-corrected chi connectivity index (χ0v) is 10.3. The summed E-state index contributed by atoms with van der Waals surface area (Å²) in [5.41, 5.74) is 0.714. The van der Waals surface area contributed by atoms with Crippen LogP contribution in [0, 0.1) is 17.8 Å². The van der Waals surface area contributed by atoms with Gasteiger partial charge in [0.15, 0.2) is 0 Å². The molecular weight excluding hydrogens is 230 g/mol. The number of anilines is 1. The van der Waals surface area contributed by atoms with E-state index >= 15 is 0 Å². The Morgan fingerprint density at radius 3 is 2.39 bits per heavy atom. The van der Waals surface area contributed by atoms with Gasteiger partial charge in [0.25, 0.3) is 0 Å². The van der Waals surface area contributed by atoms with E-state index in [1.165, 1.54) is 0 Å². The van der Waals surface area contributed by atoms with Gasteiger partial charge in [0, 0.05) is 5.69 Å². The van der Waals surface area contributed by atoms with E-state index in [0.29, 0.717) is 18.5 Å². The largest absolute Gasteiger partial charge is 0.481 e. The summed E-state index contributed by atoms with van der Waals surface area (Å²) >= 11 is 0. The van der Waals surface area contributed by atoms with E-state index in [1.54, 1.807) is 12.1 Å². The quantitative estimate of drug-likeness (QED) is 0.861. The van der Waals surface area contributed by atoms with Crippen molar-refractivity contribution in [2.24, 2.45) is 17.8 Å². The standard InChI is InChI=1S/C14H17NO3/c1-9-7-11(12(8-9)14(17)18)13(16)15-10-5-3-2-4-6-10/h2-6,9,11-12H,7-8H2,1H3,(H,15,16)(H,17,18). The predicted octanol–water partition coefficient (Wildman–Crippen LogP) is 2.37. The maximum Gasteiger partial charge on any atom is 0.307 e. The van der Waals surface area contributed by atoms with Gasteiger partial charge in [0.2, 0.25) is 5.91 Å². The smallest absolute Gasteiger partial charge is 0.307 e. The number of aliphatic carboxylic acids is 1. The maximum absolute atomic E-state index is 12.1. The van der Waals surface area contributed by atoms with Gasteiger partial charge in [-0.05, 0) is 30.9 Å². The molecule has 0 saturated heterocycles. The molecule has 2 rings (SSSR count). The summed E-state index contributed by atoms with van der Waals surface area (Å²) in [5.74, 6) is -1.73. The van der Waals surface area contributed by atoms with Gasteiger partial charge in [-0.2, -0.15) is 0 Å². The fraction of sp³-hybridized carbons (Fsp3) is 0.429. The van der Waals surface area contributed by atoms with Crippen LogP contribution in [0.3, 0.4) is 0 Å². The summed E-state index contributed by atoms with van der Waals surface area (Å²) in [4.78, 5) is 23.2. The molecule has 1 aliphatic rings. The van der Waals surface area contributed by atoms with E-state index in [2.05, 4.69) is 5.32 Å². The summed E-state index contributed by atoms with van der Waals surface area (Å²) in [6, 6.07) is 9.13. The highest BCUT2D eigenvalue weighted by Crippen LogP contribution is 2.37. The molecule has 96 valence electrons. The maximum atomic E-state index is 12.1. The lowest BCUT2D eigenvalue weighted by atomic mass is 9.95. The van der Waals surface area contributed by atoms with Gasteiger partial charge in [-0.3, -0.25) is 9.59 Å². The molecule has 0 heterocycles. The molecular formula is C14H17NO3. The van der Waals surface area contributed by atoms with Crippen molar-refractivity contribution in [1.29, 1.82) is 0 Å². The summed E-state index contributed by atoms with van der Waals surface area (Å²) < 4.78 is 0. The zero-order valence-electron chi connectivity index (χ0n) is 10.3. The van der Waals surface area contributed by atoms with E-state index in [4.69, 9.17) is 5.11 Å². The van der Waals surface area contributed by atoms with Crippen molar-refractivity contribution in [2.45, 2.75) is 19.8 Å². The van der Waals surface area contributed by atoms with Gasteiger partial charge >= 0.3 is 5.97 Å². The number of nitrogens with one attached hydrogen (secondary N) is 1. The number of rotatable bonds is 3. The second-order valence-corrected chi connectivity index (χ2v) is 4.98. The molecule has 0 bridgehead atoms. The van der Waals surface area contributed by atoms with Crippen molar-refractivity contribution < 1.29 is 14.7 Å². The third-order valence-electron chi connectivity index (χ3n) is 3.49. The number of carbonyl (C=O) groups excluding carboxylic acids is 1. The van der Waals surface area contributed by atoms with E-state index in [0.717, 1.165) is 0 Å². The Hall–Kier alpha value is -1.84. The number of carboxylic acids is 1.